The summed E-state index contributed by atoms with van der Waals surface area (Å²) in [6.45, 7) is 2.56. The number of rotatable bonds is 6. The molecule has 3 rings (SSSR count). The van der Waals surface area contributed by atoms with Crippen molar-refractivity contribution >= 4 is 49.5 Å². The van der Waals surface area contributed by atoms with E-state index in [9.17, 15) is 8.42 Å². The van der Waals surface area contributed by atoms with Gasteiger partial charge < -0.3 is 10.7 Å². The van der Waals surface area contributed by atoms with Crippen LogP contribution in [0, 0.1) is 0 Å². The zero-order chi connectivity index (χ0) is 17.2. The molecule has 0 fully saturated rings. The van der Waals surface area contributed by atoms with E-state index < -0.39 is 9.84 Å². The molecule has 0 spiro atoms. The number of benzene rings is 2. The van der Waals surface area contributed by atoms with Crippen molar-refractivity contribution in [1.29, 1.82) is 0 Å². The molecule has 3 N–H and O–H groups in total. The maximum atomic E-state index is 13.2. The SMILES string of the molecule is Br.CCC(CN)Sc1[nH]c2ccccc2c1S(=O)(=O)c1ccccc1. The van der Waals surface area contributed by atoms with Gasteiger partial charge in [-0.05, 0) is 24.6 Å². The van der Waals surface area contributed by atoms with Crippen LogP contribution in [0.4, 0.5) is 0 Å². The minimum atomic E-state index is -3.61. The van der Waals surface area contributed by atoms with E-state index in [1.54, 1.807) is 24.3 Å². The third-order valence-corrected chi connectivity index (χ3v) is 7.34. The molecule has 2 aromatic carbocycles. The quantitative estimate of drug-likeness (QED) is 0.556. The summed E-state index contributed by atoms with van der Waals surface area (Å²) in [5.41, 5.74) is 6.63. The van der Waals surface area contributed by atoms with Gasteiger partial charge in [-0.2, -0.15) is 0 Å². The number of aromatic amines is 1. The summed E-state index contributed by atoms with van der Waals surface area (Å²) in [4.78, 5) is 3.92. The maximum absolute atomic E-state index is 13.2. The summed E-state index contributed by atoms with van der Waals surface area (Å²) < 4.78 is 26.4. The highest BCUT2D eigenvalue weighted by atomic mass is 79.9. The summed E-state index contributed by atoms with van der Waals surface area (Å²) in [6, 6.07) is 16.0. The van der Waals surface area contributed by atoms with Gasteiger partial charge in [0.05, 0.1) is 9.92 Å². The van der Waals surface area contributed by atoms with Crippen LogP contribution in [0.25, 0.3) is 10.9 Å². The lowest BCUT2D eigenvalue weighted by molar-refractivity contribution is 0.595. The van der Waals surface area contributed by atoms with Gasteiger partial charge in [0.25, 0.3) is 0 Å². The minimum absolute atomic E-state index is 0. The number of para-hydroxylation sites is 1. The Morgan fingerprint density at radius 1 is 1.08 bits per heavy atom. The van der Waals surface area contributed by atoms with Crippen molar-refractivity contribution < 1.29 is 8.42 Å². The number of nitrogens with two attached hydrogens (primary N) is 1. The molecule has 0 radical (unpaired) electrons. The molecule has 0 aliphatic rings. The lowest BCUT2D eigenvalue weighted by Gasteiger charge is -2.12. The molecule has 0 amide bonds. The summed E-state index contributed by atoms with van der Waals surface area (Å²) >= 11 is 1.50. The van der Waals surface area contributed by atoms with Crippen LogP contribution in [0.15, 0.2) is 69.4 Å². The minimum Gasteiger partial charge on any atom is -0.349 e. The Bertz CT molecular complexity index is 936. The van der Waals surface area contributed by atoms with E-state index in [0.717, 1.165) is 17.3 Å². The second kappa shape index (κ2) is 8.40. The van der Waals surface area contributed by atoms with Crippen molar-refractivity contribution in [3.8, 4) is 0 Å². The average Bonchev–Trinajstić information content (AvgIpc) is 2.99. The van der Waals surface area contributed by atoms with Crippen LogP contribution in [0.3, 0.4) is 0 Å². The predicted molar refractivity (Wildman–Crippen MR) is 110 cm³/mol. The molecule has 25 heavy (non-hydrogen) atoms. The highest BCUT2D eigenvalue weighted by Gasteiger charge is 2.27. The van der Waals surface area contributed by atoms with E-state index in [2.05, 4.69) is 11.9 Å². The van der Waals surface area contributed by atoms with Crippen molar-refractivity contribution in [3.05, 3.63) is 54.6 Å². The van der Waals surface area contributed by atoms with Crippen molar-refractivity contribution in [2.75, 3.05) is 6.54 Å². The van der Waals surface area contributed by atoms with Gasteiger partial charge in [-0.3, -0.25) is 0 Å². The molecular formula is C18H21BrN2O2S2. The Labute approximate surface area is 162 Å². The second-order valence-corrected chi connectivity index (χ2v) is 8.73. The van der Waals surface area contributed by atoms with Crippen molar-refractivity contribution in [3.63, 3.8) is 0 Å². The zero-order valence-electron chi connectivity index (χ0n) is 13.8. The number of fused-ring (bicyclic) bond motifs is 1. The molecule has 1 heterocycles. The highest BCUT2D eigenvalue weighted by Crippen LogP contribution is 2.38. The van der Waals surface area contributed by atoms with Gasteiger partial charge in [-0.15, -0.1) is 28.7 Å². The second-order valence-electron chi connectivity index (χ2n) is 5.53. The van der Waals surface area contributed by atoms with Crippen molar-refractivity contribution in [2.24, 2.45) is 5.73 Å². The molecule has 0 saturated carbocycles. The van der Waals surface area contributed by atoms with Gasteiger partial charge in [0, 0.05) is 22.7 Å². The average molecular weight is 441 g/mol. The Balaban J connectivity index is 0.00000225. The third-order valence-electron chi connectivity index (χ3n) is 3.95. The lowest BCUT2D eigenvalue weighted by Crippen LogP contribution is -2.16. The molecule has 0 saturated heterocycles. The molecule has 4 nitrogen and oxygen atoms in total. The molecule has 7 heteroatoms. The standard InChI is InChI=1S/C18H20N2O2S2.BrH/c1-2-13(12-19)23-18-17(15-10-6-7-11-16(15)20-18)24(21,22)14-8-4-3-5-9-14;/h3-11,13,20H,2,12,19H2,1H3;1H. The molecule has 1 aromatic heterocycles. The summed E-state index contributed by atoms with van der Waals surface area (Å²) in [5.74, 6) is 0. The van der Waals surface area contributed by atoms with Gasteiger partial charge >= 0.3 is 0 Å². The van der Waals surface area contributed by atoms with Gasteiger partial charge in [-0.1, -0.05) is 43.3 Å². The molecular weight excluding hydrogens is 420 g/mol. The number of nitrogens with one attached hydrogen (secondary N) is 1. The molecule has 3 aromatic rings. The van der Waals surface area contributed by atoms with Gasteiger partial charge in [-0.25, -0.2) is 8.42 Å². The normalized spacial score (nSPS) is 12.7. The van der Waals surface area contributed by atoms with Gasteiger partial charge in [0.2, 0.25) is 9.84 Å². The van der Waals surface area contributed by atoms with Crippen molar-refractivity contribution in [2.45, 2.75) is 33.4 Å². The fraction of sp³-hybridized carbons (Fsp3) is 0.222. The monoisotopic (exact) mass is 440 g/mol. The van der Waals surface area contributed by atoms with E-state index in [1.807, 2.05) is 30.3 Å². The van der Waals surface area contributed by atoms with E-state index in [1.165, 1.54) is 11.8 Å². The Hall–Kier alpha value is -1.28. The third kappa shape index (κ3) is 3.95. The number of hydrogen-bond donors (Lipinski definition) is 2. The number of hydrogen-bond acceptors (Lipinski definition) is 4. The predicted octanol–water partition coefficient (Wildman–Crippen LogP) is 4.41. The fourth-order valence-corrected chi connectivity index (χ4v) is 5.59. The molecule has 0 bridgehead atoms. The van der Waals surface area contributed by atoms with E-state index in [0.29, 0.717) is 21.4 Å². The Morgan fingerprint density at radius 2 is 1.72 bits per heavy atom. The first kappa shape index (κ1) is 20.0. The Morgan fingerprint density at radius 3 is 2.36 bits per heavy atom. The van der Waals surface area contributed by atoms with Crippen LogP contribution in [0.1, 0.15) is 13.3 Å². The first-order chi connectivity index (χ1) is 11.6. The van der Waals surface area contributed by atoms with Gasteiger partial charge in [0.1, 0.15) is 4.90 Å². The molecule has 0 aliphatic carbocycles. The molecule has 1 unspecified atom stereocenters. The largest absolute Gasteiger partial charge is 0.349 e. The van der Waals surface area contributed by atoms with Crippen LogP contribution in [-0.2, 0) is 9.84 Å². The van der Waals surface area contributed by atoms with Crippen LogP contribution in [-0.4, -0.2) is 25.2 Å². The van der Waals surface area contributed by atoms with Crippen LogP contribution >= 0.6 is 28.7 Å². The molecule has 1 atom stereocenters. The van der Waals surface area contributed by atoms with E-state index in [-0.39, 0.29) is 22.2 Å². The first-order valence-corrected chi connectivity index (χ1v) is 10.2. The van der Waals surface area contributed by atoms with Crippen molar-refractivity contribution in [1.82, 2.24) is 4.98 Å². The van der Waals surface area contributed by atoms with E-state index in [4.69, 9.17) is 5.73 Å². The van der Waals surface area contributed by atoms with Crippen LogP contribution in [0.2, 0.25) is 0 Å². The fourth-order valence-electron chi connectivity index (χ4n) is 2.62. The number of aromatic nitrogens is 1. The Kier molecular flexibility index (Phi) is 6.73. The number of sulfone groups is 1. The highest BCUT2D eigenvalue weighted by molar-refractivity contribution is 8.93. The number of thioether (sulfide) groups is 1. The van der Waals surface area contributed by atoms with Gasteiger partial charge in [0.15, 0.2) is 0 Å². The maximum Gasteiger partial charge on any atom is 0.209 e. The number of H-pyrrole nitrogens is 1. The smallest absolute Gasteiger partial charge is 0.209 e. The van der Waals surface area contributed by atoms with Crippen LogP contribution in [0.5, 0.6) is 0 Å². The summed E-state index contributed by atoms with van der Waals surface area (Å²) in [5, 5.41) is 1.55. The lowest BCUT2D eigenvalue weighted by atomic mass is 10.2. The first-order valence-electron chi connectivity index (χ1n) is 7.85. The zero-order valence-corrected chi connectivity index (χ0v) is 17.2. The molecule has 0 aliphatic heterocycles. The van der Waals surface area contributed by atoms with Crippen LogP contribution < -0.4 is 5.73 Å². The topological polar surface area (TPSA) is 76.0 Å². The number of halogens is 1. The summed E-state index contributed by atoms with van der Waals surface area (Å²) in [6.07, 6.45) is 0.876. The summed E-state index contributed by atoms with van der Waals surface area (Å²) in [7, 11) is -3.61. The molecule has 134 valence electrons. The van der Waals surface area contributed by atoms with E-state index >= 15 is 0 Å².